The van der Waals surface area contributed by atoms with Gasteiger partial charge >= 0.3 is 0 Å². The summed E-state index contributed by atoms with van der Waals surface area (Å²) in [5.74, 6) is -0.422. The van der Waals surface area contributed by atoms with E-state index in [1.165, 1.54) is 0 Å². The number of nitrogens with two attached hydrogens (primary N) is 1. The van der Waals surface area contributed by atoms with Crippen LogP contribution in [-0.4, -0.2) is 5.91 Å². The van der Waals surface area contributed by atoms with Gasteiger partial charge in [-0.25, -0.2) is 0 Å². The summed E-state index contributed by atoms with van der Waals surface area (Å²) in [4.78, 5) is 11.0. The lowest BCUT2D eigenvalue weighted by atomic mass is 10.1. The van der Waals surface area contributed by atoms with E-state index in [1.54, 1.807) is 12.1 Å². The molecule has 0 fully saturated rings. The largest absolute Gasteiger partial charge is 0.379 e. The van der Waals surface area contributed by atoms with E-state index >= 15 is 0 Å². The Morgan fingerprint density at radius 3 is 2.47 bits per heavy atom. The molecule has 0 spiro atoms. The number of carbonyl (C=O) groups is 1. The Kier molecular flexibility index (Phi) is 4.07. The van der Waals surface area contributed by atoms with Gasteiger partial charge in [-0.1, -0.05) is 23.7 Å². The third kappa shape index (κ3) is 3.48. The first kappa shape index (κ1) is 13.4. The van der Waals surface area contributed by atoms with Crippen LogP contribution >= 0.6 is 11.6 Å². The van der Waals surface area contributed by atoms with Crippen LogP contribution in [0.15, 0.2) is 48.5 Å². The predicted octanol–water partition coefficient (Wildman–Crippen LogP) is 3.61. The van der Waals surface area contributed by atoms with Gasteiger partial charge < -0.3 is 11.1 Å². The highest BCUT2D eigenvalue weighted by Crippen LogP contribution is 2.21. The maximum Gasteiger partial charge on any atom is 0.248 e. The lowest BCUT2D eigenvalue weighted by molar-refractivity contribution is 0.100. The van der Waals surface area contributed by atoms with Crippen molar-refractivity contribution < 1.29 is 4.79 Å². The predicted molar refractivity (Wildman–Crippen MR) is 78.4 cm³/mol. The molecule has 19 heavy (non-hydrogen) atoms. The van der Waals surface area contributed by atoms with Crippen molar-refractivity contribution in [1.29, 1.82) is 0 Å². The fraction of sp³-hybridized carbons (Fsp3) is 0.133. The molecule has 0 bridgehead atoms. The minimum atomic E-state index is -0.422. The molecule has 0 radical (unpaired) electrons. The number of halogens is 1. The van der Waals surface area contributed by atoms with E-state index in [0.29, 0.717) is 5.56 Å². The van der Waals surface area contributed by atoms with Gasteiger partial charge in [0.2, 0.25) is 5.91 Å². The number of benzene rings is 2. The number of carbonyl (C=O) groups excluding carboxylic acids is 1. The van der Waals surface area contributed by atoms with Gasteiger partial charge in [-0.15, -0.1) is 0 Å². The smallest absolute Gasteiger partial charge is 0.248 e. The molecule has 1 unspecified atom stereocenters. The van der Waals surface area contributed by atoms with Crippen molar-refractivity contribution in [2.75, 3.05) is 5.32 Å². The van der Waals surface area contributed by atoms with Crippen molar-refractivity contribution in [3.63, 3.8) is 0 Å². The lowest BCUT2D eigenvalue weighted by Crippen LogP contribution is -2.11. The molecule has 2 aromatic carbocycles. The van der Waals surface area contributed by atoms with Gasteiger partial charge in [0.1, 0.15) is 0 Å². The standard InChI is InChI=1S/C15H15ClN2O/c1-10(12-3-2-4-13(16)9-12)18-14-7-5-11(6-8-14)15(17)19/h2-10,18H,1H3,(H2,17,19). The first-order valence-corrected chi connectivity index (χ1v) is 6.36. The summed E-state index contributed by atoms with van der Waals surface area (Å²) in [6, 6.07) is 14.9. The molecule has 98 valence electrons. The van der Waals surface area contributed by atoms with Crippen molar-refractivity contribution >= 4 is 23.2 Å². The number of nitrogens with one attached hydrogen (secondary N) is 1. The summed E-state index contributed by atoms with van der Waals surface area (Å²) >= 11 is 5.97. The molecule has 0 saturated carbocycles. The number of amides is 1. The number of hydrogen-bond acceptors (Lipinski definition) is 2. The lowest BCUT2D eigenvalue weighted by Gasteiger charge is -2.16. The Morgan fingerprint density at radius 2 is 1.89 bits per heavy atom. The van der Waals surface area contributed by atoms with Crippen molar-refractivity contribution in [2.24, 2.45) is 5.73 Å². The van der Waals surface area contributed by atoms with Gasteiger partial charge in [0.15, 0.2) is 0 Å². The first-order valence-electron chi connectivity index (χ1n) is 5.98. The van der Waals surface area contributed by atoms with Crippen LogP contribution in [0.5, 0.6) is 0 Å². The normalized spacial score (nSPS) is 11.9. The minimum absolute atomic E-state index is 0.123. The van der Waals surface area contributed by atoms with Gasteiger partial charge in [-0.3, -0.25) is 4.79 Å². The maximum absolute atomic E-state index is 11.0. The van der Waals surface area contributed by atoms with E-state index in [1.807, 2.05) is 43.3 Å². The second-order valence-corrected chi connectivity index (χ2v) is 4.80. The monoisotopic (exact) mass is 274 g/mol. The average molecular weight is 275 g/mol. The molecule has 3 nitrogen and oxygen atoms in total. The second kappa shape index (κ2) is 5.76. The van der Waals surface area contributed by atoms with Crippen molar-refractivity contribution in [1.82, 2.24) is 0 Å². The molecule has 0 heterocycles. The zero-order valence-corrected chi connectivity index (χ0v) is 11.3. The SMILES string of the molecule is CC(Nc1ccc(C(N)=O)cc1)c1cccc(Cl)c1. The summed E-state index contributed by atoms with van der Waals surface area (Å²) in [6.07, 6.45) is 0. The number of anilines is 1. The zero-order chi connectivity index (χ0) is 13.8. The Bertz CT molecular complexity index is 581. The molecule has 4 heteroatoms. The summed E-state index contributed by atoms with van der Waals surface area (Å²) in [6.45, 7) is 2.05. The molecule has 0 aliphatic heterocycles. The number of hydrogen-bond donors (Lipinski definition) is 2. The number of primary amides is 1. The topological polar surface area (TPSA) is 55.1 Å². The summed E-state index contributed by atoms with van der Waals surface area (Å²) in [5, 5.41) is 4.06. The van der Waals surface area contributed by atoms with Crippen molar-refractivity contribution in [3.05, 3.63) is 64.7 Å². The molecule has 0 saturated heterocycles. The molecule has 2 rings (SSSR count). The van der Waals surface area contributed by atoms with E-state index in [-0.39, 0.29) is 6.04 Å². The first-order chi connectivity index (χ1) is 9.06. The second-order valence-electron chi connectivity index (χ2n) is 4.36. The highest BCUT2D eigenvalue weighted by atomic mass is 35.5. The molecule has 0 aromatic heterocycles. The molecule has 1 atom stereocenters. The van der Waals surface area contributed by atoms with Crippen LogP contribution < -0.4 is 11.1 Å². The van der Waals surface area contributed by atoms with Gasteiger partial charge in [0, 0.05) is 22.3 Å². The molecular weight excluding hydrogens is 260 g/mol. The minimum Gasteiger partial charge on any atom is -0.379 e. The Balaban J connectivity index is 2.10. The maximum atomic E-state index is 11.0. The fourth-order valence-corrected chi connectivity index (χ4v) is 2.04. The average Bonchev–Trinajstić information content (AvgIpc) is 2.39. The van der Waals surface area contributed by atoms with Crippen LogP contribution in [0.3, 0.4) is 0 Å². The molecule has 3 N–H and O–H groups in total. The Hall–Kier alpha value is -2.00. The Labute approximate surface area is 117 Å². The molecule has 0 aliphatic carbocycles. The Morgan fingerprint density at radius 1 is 1.21 bits per heavy atom. The summed E-state index contributed by atoms with van der Waals surface area (Å²) in [7, 11) is 0. The summed E-state index contributed by atoms with van der Waals surface area (Å²) in [5.41, 5.74) is 7.73. The zero-order valence-electron chi connectivity index (χ0n) is 10.6. The molecule has 0 aliphatic rings. The molecule has 1 amide bonds. The third-order valence-corrected chi connectivity index (χ3v) is 3.14. The summed E-state index contributed by atoms with van der Waals surface area (Å²) < 4.78 is 0. The highest BCUT2D eigenvalue weighted by Gasteiger charge is 2.06. The van der Waals surface area contributed by atoms with Crippen LogP contribution in [0.25, 0.3) is 0 Å². The van der Waals surface area contributed by atoms with Gasteiger partial charge in [-0.05, 0) is 48.9 Å². The van der Waals surface area contributed by atoms with Crippen LogP contribution in [0, 0.1) is 0 Å². The number of rotatable bonds is 4. The quantitative estimate of drug-likeness (QED) is 0.895. The van der Waals surface area contributed by atoms with E-state index in [0.717, 1.165) is 16.3 Å². The fourth-order valence-electron chi connectivity index (χ4n) is 1.84. The highest BCUT2D eigenvalue weighted by molar-refractivity contribution is 6.30. The van der Waals surface area contributed by atoms with Gasteiger partial charge in [0.05, 0.1) is 0 Å². The van der Waals surface area contributed by atoms with E-state index in [9.17, 15) is 4.79 Å². The van der Waals surface area contributed by atoms with Crippen LogP contribution in [0.1, 0.15) is 28.9 Å². The van der Waals surface area contributed by atoms with Gasteiger partial charge in [-0.2, -0.15) is 0 Å². The van der Waals surface area contributed by atoms with Crippen molar-refractivity contribution in [2.45, 2.75) is 13.0 Å². The van der Waals surface area contributed by atoms with Gasteiger partial charge in [0.25, 0.3) is 0 Å². The van der Waals surface area contributed by atoms with E-state index in [2.05, 4.69) is 5.32 Å². The van der Waals surface area contributed by atoms with Crippen LogP contribution in [0.4, 0.5) is 5.69 Å². The van der Waals surface area contributed by atoms with Crippen LogP contribution in [0.2, 0.25) is 5.02 Å². The molecular formula is C15H15ClN2O. The molecule has 2 aromatic rings. The third-order valence-electron chi connectivity index (χ3n) is 2.90. The van der Waals surface area contributed by atoms with Crippen molar-refractivity contribution in [3.8, 4) is 0 Å². The van der Waals surface area contributed by atoms with E-state index in [4.69, 9.17) is 17.3 Å². The van der Waals surface area contributed by atoms with E-state index < -0.39 is 5.91 Å². The van der Waals surface area contributed by atoms with Crippen LogP contribution in [-0.2, 0) is 0 Å².